The molecular weight excluding hydrogens is 440 g/mol. The minimum atomic E-state index is -4.25. The third-order valence-corrected chi connectivity index (χ3v) is 5.98. The van der Waals surface area contributed by atoms with Gasteiger partial charge in [-0.15, -0.1) is 0 Å². The van der Waals surface area contributed by atoms with Crippen molar-refractivity contribution in [1.82, 2.24) is 5.32 Å². The second kappa shape index (κ2) is 9.16. The molecule has 0 bridgehead atoms. The number of benzene rings is 3. The van der Waals surface area contributed by atoms with E-state index in [0.29, 0.717) is 22.5 Å². The van der Waals surface area contributed by atoms with Gasteiger partial charge in [-0.2, -0.15) is 13.2 Å². The van der Waals surface area contributed by atoms with Crippen molar-refractivity contribution in [2.75, 3.05) is 6.54 Å². The minimum absolute atomic E-state index is 0.0760. The zero-order valence-electron chi connectivity index (χ0n) is 16.7. The number of carbonyl (C=O) groups is 1. The fourth-order valence-electron chi connectivity index (χ4n) is 3.33. The van der Waals surface area contributed by atoms with Gasteiger partial charge in [0.05, 0.1) is 11.4 Å². The highest BCUT2D eigenvalue weighted by Gasteiger charge is 2.26. The minimum Gasteiger partial charge on any atom is -0.352 e. The van der Waals surface area contributed by atoms with Gasteiger partial charge < -0.3 is 5.32 Å². The van der Waals surface area contributed by atoms with Crippen LogP contribution in [0.4, 0.5) is 23.2 Å². The molecule has 3 aromatic rings. The molecule has 8 heteroatoms. The van der Waals surface area contributed by atoms with Gasteiger partial charge in [0.1, 0.15) is 5.82 Å². The first-order valence-electron chi connectivity index (χ1n) is 9.91. The van der Waals surface area contributed by atoms with E-state index in [1.807, 2.05) is 24.3 Å². The highest BCUT2D eigenvalue weighted by atomic mass is 32.2. The van der Waals surface area contributed by atoms with E-state index in [1.54, 1.807) is 30.3 Å². The number of rotatable bonds is 5. The molecule has 4 rings (SSSR count). The fourth-order valence-corrected chi connectivity index (χ4v) is 4.33. The molecule has 0 radical (unpaired) electrons. The van der Waals surface area contributed by atoms with Crippen LogP contribution >= 0.6 is 11.8 Å². The van der Waals surface area contributed by atoms with E-state index in [4.69, 9.17) is 4.99 Å². The molecule has 0 fully saturated rings. The summed E-state index contributed by atoms with van der Waals surface area (Å²) in [6, 6.07) is 18.8. The lowest BCUT2D eigenvalue weighted by atomic mass is 10.0. The zero-order chi connectivity index (χ0) is 22.7. The quantitative estimate of drug-likeness (QED) is 0.273. The van der Waals surface area contributed by atoms with Crippen molar-refractivity contribution < 1.29 is 22.4 Å². The van der Waals surface area contributed by atoms with Crippen LogP contribution in [-0.2, 0) is 0 Å². The Kier molecular flexibility index (Phi) is 6.32. The van der Waals surface area contributed by atoms with Crippen molar-refractivity contribution in [2.24, 2.45) is 4.99 Å². The summed E-state index contributed by atoms with van der Waals surface area (Å²) in [4.78, 5) is 19.0. The van der Waals surface area contributed by atoms with Crippen LogP contribution in [0.3, 0.4) is 0 Å². The number of carbonyl (C=O) groups excluding carboxylic acids is 1. The summed E-state index contributed by atoms with van der Waals surface area (Å²) in [5.41, 5.74) is 2.86. The summed E-state index contributed by atoms with van der Waals surface area (Å²) >= 11 is 1.49. The van der Waals surface area contributed by atoms with Crippen LogP contribution in [0.25, 0.3) is 0 Å². The summed E-state index contributed by atoms with van der Waals surface area (Å²) in [5.74, 6) is -0.851. The zero-order valence-corrected chi connectivity index (χ0v) is 17.6. The highest BCUT2D eigenvalue weighted by Crippen LogP contribution is 2.41. The van der Waals surface area contributed by atoms with Crippen molar-refractivity contribution in [3.8, 4) is 0 Å². The van der Waals surface area contributed by atoms with E-state index in [-0.39, 0.29) is 18.8 Å². The number of nitrogens with one attached hydrogen (secondary N) is 1. The predicted molar refractivity (Wildman–Crippen MR) is 116 cm³/mol. The van der Waals surface area contributed by atoms with Crippen molar-refractivity contribution in [2.45, 2.75) is 28.8 Å². The fraction of sp³-hybridized carbons (Fsp3) is 0.167. The summed E-state index contributed by atoms with van der Waals surface area (Å²) < 4.78 is 50.8. The third kappa shape index (κ3) is 5.19. The molecule has 0 atom stereocenters. The van der Waals surface area contributed by atoms with Gasteiger partial charge in [0.2, 0.25) is 0 Å². The first-order valence-corrected chi connectivity index (χ1v) is 10.7. The number of nitrogens with zero attached hydrogens (tertiary/aromatic N) is 1. The molecule has 1 aliphatic heterocycles. The van der Waals surface area contributed by atoms with Crippen LogP contribution < -0.4 is 5.32 Å². The first kappa shape index (κ1) is 22.1. The molecule has 1 amide bonds. The summed E-state index contributed by atoms with van der Waals surface area (Å²) in [6.45, 7) is -0.0760. The smallest absolute Gasteiger partial charge is 0.352 e. The van der Waals surface area contributed by atoms with E-state index in [0.717, 1.165) is 15.4 Å². The summed E-state index contributed by atoms with van der Waals surface area (Å²) in [5, 5.41) is 2.52. The Labute approximate surface area is 186 Å². The molecule has 3 aromatic carbocycles. The first-order chi connectivity index (χ1) is 15.3. The SMILES string of the molecule is O=C(NCCCC(F)(F)F)c1ccc2c(c1)N=C(c1cccc(F)c1)c1ccccc1S2. The molecule has 0 aromatic heterocycles. The Morgan fingerprint density at radius 1 is 0.969 bits per heavy atom. The molecule has 1 N–H and O–H groups in total. The molecule has 0 unspecified atom stereocenters. The summed E-state index contributed by atoms with van der Waals surface area (Å²) in [7, 11) is 0. The second-order valence-corrected chi connectivity index (χ2v) is 8.31. The lowest BCUT2D eigenvalue weighted by Crippen LogP contribution is -2.25. The van der Waals surface area contributed by atoms with Gasteiger partial charge in [-0.25, -0.2) is 9.38 Å². The Morgan fingerprint density at radius 3 is 2.56 bits per heavy atom. The maximum atomic E-state index is 13.9. The largest absolute Gasteiger partial charge is 0.389 e. The van der Waals surface area contributed by atoms with Crippen molar-refractivity contribution >= 4 is 29.1 Å². The number of hydrogen-bond donors (Lipinski definition) is 1. The molecule has 0 saturated carbocycles. The van der Waals surface area contributed by atoms with Gasteiger partial charge in [0.15, 0.2) is 0 Å². The van der Waals surface area contributed by atoms with Gasteiger partial charge in [-0.05, 0) is 42.8 Å². The second-order valence-electron chi connectivity index (χ2n) is 7.23. The number of hydrogen-bond acceptors (Lipinski definition) is 3. The molecule has 1 heterocycles. The maximum Gasteiger partial charge on any atom is 0.389 e. The number of alkyl halides is 3. The van der Waals surface area contributed by atoms with Crippen LogP contribution in [0.1, 0.15) is 34.3 Å². The van der Waals surface area contributed by atoms with Crippen molar-refractivity contribution in [3.05, 3.63) is 89.2 Å². The number of fused-ring (bicyclic) bond motifs is 2. The topological polar surface area (TPSA) is 41.5 Å². The molecule has 0 aliphatic carbocycles. The van der Waals surface area contributed by atoms with E-state index < -0.39 is 18.5 Å². The predicted octanol–water partition coefficient (Wildman–Crippen LogP) is 6.53. The van der Waals surface area contributed by atoms with Gasteiger partial charge >= 0.3 is 6.18 Å². The maximum absolute atomic E-state index is 13.9. The van der Waals surface area contributed by atoms with Gasteiger partial charge in [-0.1, -0.05) is 42.1 Å². The lowest BCUT2D eigenvalue weighted by Gasteiger charge is -2.09. The van der Waals surface area contributed by atoms with Gasteiger partial charge in [0, 0.05) is 39.4 Å². The Hall–Kier alpha value is -3.13. The van der Waals surface area contributed by atoms with Crippen LogP contribution in [0.15, 0.2) is 81.5 Å². The monoisotopic (exact) mass is 458 g/mol. The molecule has 3 nitrogen and oxygen atoms in total. The van der Waals surface area contributed by atoms with Gasteiger partial charge in [-0.3, -0.25) is 4.79 Å². The number of aliphatic imine (C=N–C) groups is 1. The molecule has 0 saturated heterocycles. The van der Waals surface area contributed by atoms with E-state index >= 15 is 0 Å². The van der Waals surface area contributed by atoms with Gasteiger partial charge in [0.25, 0.3) is 5.91 Å². The summed E-state index contributed by atoms with van der Waals surface area (Å²) in [6.07, 6.45) is -5.38. The van der Waals surface area contributed by atoms with Crippen LogP contribution in [0, 0.1) is 5.82 Å². The standard InChI is InChI=1S/C24H18F4N2OS/c25-17-6-3-5-15(13-17)22-18-7-1-2-8-20(18)32-21-10-9-16(14-19(21)30-22)23(31)29-12-4-11-24(26,27)28/h1-3,5-10,13-14H,4,11-12H2,(H,29,31). The van der Waals surface area contributed by atoms with E-state index in [9.17, 15) is 22.4 Å². The molecule has 32 heavy (non-hydrogen) atoms. The average Bonchev–Trinajstić information content (AvgIpc) is 2.92. The van der Waals surface area contributed by atoms with E-state index in [2.05, 4.69) is 5.32 Å². The average molecular weight is 458 g/mol. The molecular formula is C24H18F4N2OS. The molecule has 164 valence electrons. The Morgan fingerprint density at radius 2 is 1.78 bits per heavy atom. The molecule has 1 aliphatic rings. The van der Waals surface area contributed by atoms with E-state index in [1.165, 1.54) is 23.9 Å². The van der Waals surface area contributed by atoms with Crippen LogP contribution in [0.2, 0.25) is 0 Å². The third-order valence-electron chi connectivity index (χ3n) is 4.84. The van der Waals surface area contributed by atoms with Crippen molar-refractivity contribution in [1.29, 1.82) is 0 Å². The number of halogens is 4. The van der Waals surface area contributed by atoms with Crippen LogP contribution in [-0.4, -0.2) is 24.3 Å². The Bertz CT molecular complexity index is 1190. The number of amides is 1. The van der Waals surface area contributed by atoms with Crippen LogP contribution in [0.5, 0.6) is 0 Å². The van der Waals surface area contributed by atoms with Crippen molar-refractivity contribution in [3.63, 3.8) is 0 Å². The Balaban J connectivity index is 1.65. The molecule has 0 spiro atoms. The normalized spacial score (nSPS) is 12.9. The lowest BCUT2D eigenvalue weighted by molar-refractivity contribution is -0.135. The highest BCUT2D eigenvalue weighted by molar-refractivity contribution is 7.99.